The Balaban J connectivity index is 2.24. The van der Waals surface area contributed by atoms with Crippen molar-refractivity contribution in [1.82, 2.24) is 10.6 Å². The van der Waals surface area contributed by atoms with Gasteiger partial charge in [0.05, 0.1) is 0 Å². The first kappa shape index (κ1) is 9.26. The summed E-state index contributed by atoms with van der Waals surface area (Å²) in [6.45, 7) is 3.83. The number of allylic oxidation sites excluding steroid dienone is 1. The van der Waals surface area contributed by atoms with Crippen LogP contribution in [0.4, 0.5) is 0 Å². The molecule has 1 atom stereocenters. The molecule has 0 aromatic heterocycles. The molecule has 1 heterocycles. The van der Waals surface area contributed by atoms with E-state index in [1.54, 1.807) is 12.2 Å². The van der Waals surface area contributed by atoms with Gasteiger partial charge >= 0.3 is 0 Å². The summed E-state index contributed by atoms with van der Waals surface area (Å²) in [4.78, 5) is 11.1. The maximum Gasteiger partial charge on any atom is 0.243 e. The SMILES string of the molecule is C/C=C/C(=O)N[C@H]1CCCNC1. The van der Waals surface area contributed by atoms with Crippen LogP contribution in [0, 0.1) is 0 Å². The zero-order valence-corrected chi connectivity index (χ0v) is 7.47. The number of hydrogen-bond acceptors (Lipinski definition) is 2. The van der Waals surface area contributed by atoms with Crippen molar-refractivity contribution in [2.75, 3.05) is 13.1 Å². The Morgan fingerprint density at radius 2 is 2.50 bits per heavy atom. The van der Waals surface area contributed by atoms with Gasteiger partial charge in [0.25, 0.3) is 0 Å². The van der Waals surface area contributed by atoms with Crippen LogP contribution in [0.1, 0.15) is 19.8 Å². The van der Waals surface area contributed by atoms with Crippen LogP contribution in [0.15, 0.2) is 12.2 Å². The van der Waals surface area contributed by atoms with E-state index in [-0.39, 0.29) is 5.91 Å². The number of amides is 1. The predicted octanol–water partition coefficient (Wildman–Crippen LogP) is 0.431. The van der Waals surface area contributed by atoms with Crippen molar-refractivity contribution in [2.24, 2.45) is 0 Å². The number of hydrogen-bond donors (Lipinski definition) is 2. The van der Waals surface area contributed by atoms with Crippen LogP contribution in [0.2, 0.25) is 0 Å². The average Bonchev–Trinajstić information content (AvgIpc) is 2.06. The molecule has 2 N–H and O–H groups in total. The molecule has 3 heteroatoms. The second kappa shape index (κ2) is 4.93. The molecular formula is C9H16N2O. The zero-order chi connectivity index (χ0) is 8.81. The molecule has 0 spiro atoms. The lowest BCUT2D eigenvalue weighted by Crippen LogP contribution is -2.45. The van der Waals surface area contributed by atoms with Crippen molar-refractivity contribution < 1.29 is 4.79 Å². The van der Waals surface area contributed by atoms with Crippen molar-refractivity contribution in [3.8, 4) is 0 Å². The largest absolute Gasteiger partial charge is 0.349 e. The molecule has 0 aromatic carbocycles. The maximum atomic E-state index is 11.1. The Labute approximate surface area is 73.2 Å². The fourth-order valence-electron chi connectivity index (χ4n) is 1.38. The molecule has 1 fully saturated rings. The molecule has 1 aliphatic rings. The minimum atomic E-state index is 0.0196. The van der Waals surface area contributed by atoms with Crippen LogP contribution >= 0.6 is 0 Å². The van der Waals surface area contributed by atoms with Gasteiger partial charge in [-0.3, -0.25) is 4.79 Å². The topological polar surface area (TPSA) is 41.1 Å². The fraction of sp³-hybridized carbons (Fsp3) is 0.667. The third-order valence-electron chi connectivity index (χ3n) is 1.96. The fourth-order valence-corrected chi connectivity index (χ4v) is 1.38. The lowest BCUT2D eigenvalue weighted by Gasteiger charge is -2.23. The number of piperidine rings is 1. The van der Waals surface area contributed by atoms with E-state index in [0.29, 0.717) is 6.04 Å². The van der Waals surface area contributed by atoms with Gasteiger partial charge in [-0.2, -0.15) is 0 Å². The lowest BCUT2D eigenvalue weighted by molar-refractivity contribution is -0.117. The molecule has 0 saturated carbocycles. The average molecular weight is 168 g/mol. The van der Waals surface area contributed by atoms with E-state index >= 15 is 0 Å². The quantitative estimate of drug-likeness (QED) is 0.587. The normalized spacial score (nSPS) is 24.2. The Hall–Kier alpha value is -0.830. The van der Waals surface area contributed by atoms with E-state index in [0.717, 1.165) is 25.9 Å². The van der Waals surface area contributed by atoms with E-state index in [2.05, 4.69) is 10.6 Å². The molecule has 1 amide bonds. The van der Waals surface area contributed by atoms with E-state index < -0.39 is 0 Å². The second-order valence-electron chi connectivity index (χ2n) is 3.05. The van der Waals surface area contributed by atoms with Crippen LogP contribution in [-0.2, 0) is 4.79 Å². The first-order valence-corrected chi connectivity index (χ1v) is 4.47. The van der Waals surface area contributed by atoms with Crippen molar-refractivity contribution in [3.05, 3.63) is 12.2 Å². The number of carbonyl (C=O) groups excluding carboxylic acids is 1. The smallest absolute Gasteiger partial charge is 0.243 e. The van der Waals surface area contributed by atoms with Crippen LogP contribution < -0.4 is 10.6 Å². The molecular weight excluding hydrogens is 152 g/mol. The van der Waals surface area contributed by atoms with Gasteiger partial charge in [-0.05, 0) is 32.4 Å². The zero-order valence-electron chi connectivity index (χ0n) is 7.47. The van der Waals surface area contributed by atoms with E-state index in [4.69, 9.17) is 0 Å². The number of carbonyl (C=O) groups is 1. The molecule has 0 aromatic rings. The Bertz CT molecular complexity index is 171. The summed E-state index contributed by atoms with van der Waals surface area (Å²) < 4.78 is 0. The Kier molecular flexibility index (Phi) is 3.80. The minimum absolute atomic E-state index is 0.0196. The lowest BCUT2D eigenvalue weighted by atomic mass is 10.1. The highest BCUT2D eigenvalue weighted by Gasteiger charge is 2.13. The van der Waals surface area contributed by atoms with Crippen LogP contribution in [-0.4, -0.2) is 25.0 Å². The van der Waals surface area contributed by atoms with Crippen LogP contribution in [0.25, 0.3) is 0 Å². The summed E-state index contributed by atoms with van der Waals surface area (Å²) in [7, 11) is 0. The summed E-state index contributed by atoms with van der Waals surface area (Å²) in [5.41, 5.74) is 0. The first-order chi connectivity index (χ1) is 5.83. The molecule has 0 bridgehead atoms. The van der Waals surface area contributed by atoms with Crippen LogP contribution in [0.5, 0.6) is 0 Å². The first-order valence-electron chi connectivity index (χ1n) is 4.47. The van der Waals surface area contributed by atoms with Gasteiger partial charge in [0, 0.05) is 12.6 Å². The molecule has 0 unspecified atom stereocenters. The molecule has 0 radical (unpaired) electrons. The molecule has 68 valence electrons. The Morgan fingerprint density at radius 1 is 1.67 bits per heavy atom. The van der Waals surface area contributed by atoms with Crippen LogP contribution in [0.3, 0.4) is 0 Å². The van der Waals surface area contributed by atoms with Crippen molar-refractivity contribution in [1.29, 1.82) is 0 Å². The van der Waals surface area contributed by atoms with E-state index in [1.165, 1.54) is 0 Å². The second-order valence-corrected chi connectivity index (χ2v) is 3.05. The van der Waals surface area contributed by atoms with Crippen molar-refractivity contribution in [2.45, 2.75) is 25.8 Å². The van der Waals surface area contributed by atoms with Gasteiger partial charge in [-0.15, -0.1) is 0 Å². The summed E-state index contributed by atoms with van der Waals surface area (Å²) in [5.74, 6) is 0.0196. The van der Waals surface area contributed by atoms with E-state index in [9.17, 15) is 4.79 Å². The predicted molar refractivity (Wildman–Crippen MR) is 48.8 cm³/mol. The standard InChI is InChI=1S/C9H16N2O/c1-2-4-9(12)11-8-5-3-6-10-7-8/h2,4,8,10H,3,5-7H2,1H3,(H,11,12)/b4-2+/t8-/m0/s1. The highest BCUT2D eigenvalue weighted by Crippen LogP contribution is 2.00. The Morgan fingerprint density at radius 3 is 3.08 bits per heavy atom. The van der Waals surface area contributed by atoms with Gasteiger partial charge in [0.1, 0.15) is 0 Å². The molecule has 1 rings (SSSR count). The third-order valence-corrected chi connectivity index (χ3v) is 1.96. The molecule has 1 saturated heterocycles. The summed E-state index contributed by atoms with van der Waals surface area (Å²) in [6.07, 6.45) is 5.57. The summed E-state index contributed by atoms with van der Waals surface area (Å²) in [5, 5.41) is 6.18. The van der Waals surface area contributed by atoms with Gasteiger partial charge in [-0.25, -0.2) is 0 Å². The van der Waals surface area contributed by atoms with Gasteiger partial charge in [-0.1, -0.05) is 6.08 Å². The molecule has 1 aliphatic heterocycles. The summed E-state index contributed by atoms with van der Waals surface area (Å²) >= 11 is 0. The van der Waals surface area contributed by atoms with Gasteiger partial charge in [0.2, 0.25) is 5.91 Å². The monoisotopic (exact) mass is 168 g/mol. The molecule has 12 heavy (non-hydrogen) atoms. The molecule has 3 nitrogen and oxygen atoms in total. The number of rotatable bonds is 2. The van der Waals surface area contributed by atoms with E-state index in [1.807, 2.05) is 6.92 Å². The highest BCUT2D eigenvalue weighted by molar-refractivity contribution is 5.87. The minimum Gasteiger partial charge on any atom is -0.349 e. The summed E-state index contributed by atoms with van der Waals surface area (Å²) in [6, 6.07) is 0.322. The van der Waals surface area contributed by atoms with Gasteiger partial charge in [0.15, 0.2) is 0 Å². The number of nitrogens with one attached hydrogen (secondary N) is 2. The highest BCUT2D eigenvalue weighted by atomic mass is 16.1. The maximum absolute atomic E-state index is 11.1. The van der Waals surface area contributed by atoms with Crippen molar-refractivity contribution in [3.63, 3.8) is 0 Å². The van der Waals surface area contributed by atoms with Gasteiger partial charge < -0.3 is 10.6 Å². The third kappa shape index (κ3) is 3.05. The molecule has 0 aliphatic carbocycles. The van der Waals surface area contributed by atoms with Crippen molar-refractivity contribution >= 4 is 5.91 Å².